The summed E-state index contributed by atoms with van der Waals surface area (Å²) >= 11 is 0. The molecule has 0 saturated carbocycles. The minimum absolute atomic E-state index is 0.539. The minimum Gasteiger partial charge on any atom is -0.497 e. The molecule has 2 saturated heterocycles. The van der Waals surface area contributed by atoms with Crippen molar-refractivity contribution in [2.45, 2.75) is 0 Å². The Morgan fingerprint density at radius 1 is 0.727 bits per heavy atom. The molecule has 2 fully saturated rings. The van der Waals surface area contributed by atoms with Crippen LogP contribution in [0.25, 0.3) is 0 Å². The van der Waals surface area contributed by atoms with Crippen LogP contribution in [0.1, 0.15) is 0 Å². The number of benzene rings is 2. The second-order valence-electron chi connectivity index (χ2n) is 8.02. The Morgan fingerprint density at radius 2 is 1.33 bits per heavy atom. The third-order valence-corrected chi connectivity index (χ3v) is 5.94. The van der Waals surface area contributed by atoms with E-state index in [0.29, 0.717) is 31.1 Å². The van der Waals surface area contributed by atoms with Gasteiger partial charge in [-0.2, -0.15) is 15.0 Å². The van der Waals surface area contributed by atoms with Crippen LogP contribution in [0.3, 0.4) is 0 Å². The maximum Gasteiger partial charge on any atom is 0.233 e. The van der Waals surface area contributed by atoms with Gasteiger partial charge in [0.25, 0.3) is 0 Å². The minimum atomic E-state index is 0.539. The predicted octanol–water partition coefficient (Wildman–Crippen LogP) is 2.79. The molecule has 0 radical (unpaired) electrons. The van der Waals surface area contributed by atoms with Crippen LogP contribution in [0.4, 0.5) is 29.2 Å². The number of nitrogens with zero attached hydrogens (tertiary/aromatic N) is 6. The molecule has 3 heterocycles. The topological polar surface area (TPSA) is 78.9 Å². The molecule has 9 nitrogen and oxygen atoms in total. The zero-order valence-electron chi connectivity index (χ0n) is 18.9. The van der Waals surface area contributed by atoms with Gasteiger partial charge in [-0.25, -0.2) is 0 Å². The second kappa shape index (κ2) is 9.91. The molecule has 2 aromatic carbocycles. The van der Waals surface area contributed by atoms with Gasteiger partial charge >= 0.3 is 0 Å². The van der Waals surface area contributed by atoms with E-state index in [1.165, 1.54) is 5.69 Å². The number of hydrogen-bond donors (Lipinski definition) is 1. The lowest BCUT2D eigenvalue weighted by Crippen LogP contribution is -2.47. The van der Waals surface area contributed by atoms with Gasteiger partial charge < -0.3 is 29.5 Å². The average Bonchev–Trinajstić information content (AvgIpc) is 2.90. The van der Waals surface area contributed by atoms with Gasteiger partial charge in [-0.15, -0.1) is 0 Å². The summed E-state index contributed by atoms with van der Waals surface area (Å²) < 4.78 is 10.8. The Bertz CT molecular complexity index is 1030. The van der Waals surface area contributed by atoms with Crippen molar-refractivity contribution in [3.05, 3.63) is 54.6 Å². The van der Waals surface area contributed by atoms with E-state index in [1.807, 2.05) is 24.3 Å². The van der Waals surface area contributed by atoms with E-state index < -0.39 is 0 Å². The highest BCUT2D eigenvalue weighted by atomic mass is 16.5. The van der Waals surface area contributed by atoms with Crippen molar-refractivity contribution in [1.82, 2.24) is 15.0 Å². The normalized spacial score (nSPS) is 16.6. The van der Waals surface area contributed by atoms with Gasteiger partial charge in [-0.3, -0.25) is 0 Å². The fraction of sp³-hybridized carbons (Fsp3) is 0.375. The summed E-state index contributed by atoms with van der Waals surface area (Å²) in [5, 5.41) is 3.34. The standard InChI is InChI=1S/C24H29N7O2/c1-32-21-9-7-19(8-10-21)25-22-26-23(28-24(27-22)31-15-17-33-18-16-31)30-13-11-29(12-14-30)20-5-3-2-4-6-20/h2-10H,11-18H2,1H3,(H,25,26,27,28). The highest BCUT2D eigenvalue weighted by Crippen LogP contribution is 2.24. The summed E-state index contributed by atoms with van der Waals surface area (Å²) in [7, 11) is 1.66. The number of morpholine rings is 1. The lowest BCUT2D eigenvalue weighted by atomic mass is 10.2. The van der Waals surface area contributed by atoms with Gasteiger partial charge in [-0.05, 0) is 36.4 Å². The summed E-state index contributed by atoms with van der Waals surface area (Å²) in [6.07, 6.45) is 0. The first kappa shape index (κ1) is 21.3. The largest absolute Gasteiger partial charge is 0.497 e. The Balaban J connectivity index is 1.36. The number of aromatic nitrogens is 3. The first-order valence-corrected chi connectivity index (χ1v) is 11.3. The zero-order chi connectivity index (χ0) is 22.5. The monoisotopic (exact) mass is 447 g/mol. The summed E-state index contributed by atoms with van der Waals surface area (Å²) in [5.74, 6) is 2.74. The van der Waals surface area contributed by atoms with Crippen LogP contribution in [0, 0.1) is 0 Å². The average molecular weight is 448 g/mol. The molecule has 1 aromatic heterocycles. The number of piperazine rings is 1. The Labute approximate surface area is 194 Å². The van der Waals surface area contributed by atoms with Gasteiger partial charge in [0.2, 0.25) is 17.8 Å². The van der Waals surface area contributed by atoms with Crippen LogP contribution >= 0.6 is 0 Å². The Kier molecular flexibility index (Phi) is 6.39. The van der Waals surface area contributed by atoms with Gasteiger partial charge in [0, 0.05) is 50.6 Å². The molecule has 9 heteroatoms. The van der Waals surface area contributed by atoms with Crippen LogP contribution < -0.4 is 24.8 Å². The van der Waals surface area contributed by atoms with Crippen molar-refractivity contribution >= 4 is 29.2 Å². The zero-order valence-corrected chi connectivity index (χ0v) is 18.9. The van der Waals surface area contributed by atoms with Crippen molar-refractivity contribution in [2.24, 2.45) is 0 Å². The van der Waals surface area contributed by atoms with Crippen molar-refractivity contribution in [3.8, 4) is 5.75 Å². The lowest BCUT2D eigenvalue weighted by molar-refractivity contribution is 0.122. The van der Waals surface area contributed by atoms with E-state index in [0.717, 1.165) is 50.7 Å². The van der Waals surface area contributed by atoms with E-state index in [1.54, 1.807) is 7.11 Å². The maximum absolute atomic E-state index is 5.51. The molecule has 5 rings (SSSR count). The third kappa shape index (κ3) is 5.09. The number of methoxy groups -OCH3 is 1. The molecule has 0 atom stereocenters. The molecule has 3 aromatic rings. The Morgan fingerprint density at radius 3 is 1.97 bits per heavy atom. The number of anilines is 5. The second-order valence-corrected chi connectivity index (χ2v) is 8.02. The highest BCUT2D eigenvalue weighted by molar-refractivity contribution is 5.58. The van der Waals surface area contributed by atoms with Crippen LogP contribution in [-0.2, 0) is 4.74 Å². The summed E-state index contributed by atoms with van der Waals surface area (Å²) in [4.78, 5) is 21.1. The van der Waals surface area contributed by atoms with E-state index in [4.69, 9.17) is 24.4 Å². The maximum atomic E-state index is 5.51. The quantitative estimate of drug-likeness (QED) is 0.614. The lowest BCUT2D eigenvalue weighted by Gasteiger charge is -2.36. The smallest absolute Gasteiger partial charge is 0.233 e. The molecule has 2 aliphatic rings. The first-order chi connectivity index (χ1) is 16.3. The molecule has 0 amide bonds. The molecule has 0 unspecified atom stereocenters. The van der Waals surface area contributed by atoms with Crippen molar-refractivity contribution in [2.75, 3.05) is 79.6 Å². The molecule has 0 aliphatic carbocycles. The summed E-state index contributed by atoms with van der Waals surface area (Å²) in [6, 6.07) is 18.3. The van der Waals surface area contributed by atoms with Crippen LogP contribution in [0.2, 0.25) is 0 Å². The molecule has 0 bridgehead atoms. The first-order valence-electron chi connectivity index (χ1n) is 11.3. The SMILES string of the molecule is COc1ccc(Nc2nc(N3CCOCC3)nc(N3CCN(c4ccccc4)CC3)n2)cc1. The number of rotatable bonds is 6. The Hall–Kier alpha value is -3.59. The fourth-order valence-corrected chi connectivity index (χ4v) is 4.06. The van der Waals surface area contributed by atoms with E-state index >= 15 is 0 Å². The van der Waals surface area contributed by atoms with Crippen LogP contribution in [-0.4, -0.2) is 74.5 Å². The number of nitrogens with one attached hydrogen (secondary N) is 1. The molecule has 172 valence electrons. The number of ether oxygens (including phenoxy) is 2. The van der Waals surface area contributed by atoms with Gasteiger partial charge in [0.1, 0.15) is 5.75 Å². The van der Waals surface area contributed by atoms with Gasteiger partial charge in [0.15, 0.2) is 0 Å². The van der Waals surface area contributed by atoms with Gasteiger partial charge in [-0.1, -0.05) is 18.2 Å². The fourth-order valence-electron chi connectivity index (χ4n) is 4.06. The molecule has 1 N–H and O–H groups in total. The van der Waals surface area contributed by atoms with Crippen molar-refractivity contribution < 1.29 is 9.47 Å². The number of para-hydroxylation sites is 1. The van der Waals surface area contributed by atoms with Crippen LogP contribution in [0.15, 0.2) is 54.6 Å². The summed E-state index contributed by atoms with van der Waals surface area (Å²) in [5.41, 5.74) is 2.15. The predicted molar refractivity (Wildman–Crippen MR) is 130 cm³/mol. The third-order valence-electron chi connectivity index (χ3n) is 5.94. The van der Waals surface area contributed by atoms with E-state index in [9.17, 15) is 0 Å². The van der Waals surface area contributed by atoms with E-state index in [2.05, 4.69) is 50.3 Å². The van der Waals surface area contributed by atoms with Crippen molar-refractivity contribution in [3.63, 3.8) is 0 Å². The molecule has 2 aliphatic heterocycles. The molecular formula is C24H29N7O2. The molecule has 33 heavy (non-hydrogen) atoms. The summed E-state index contributed by atoms with van der Waals surface area (Å²) in [6.45, 7) is 6.44. The van der Waals surface area contributed by atoms with E-state index in [-0.39, 0.29) is 0 Å². The number of hydrogen-bond acceptors (Lipinski definition) is 9. The van der Waals surface area contributed by atoms with Gasteiger partial charge in [0.05, 0.1) is 20.3 Å². The highest BCUT2D eigenvalue weighted by Gasteiger charge is 2.23. The molecular weight excluding hydrogens is 418 g/mol. The molecule has 0 spiro atoms. The van der Waals surface area contributed by atoms with Crippen LogP contribution in [0.5, 0.6) is 5.75 Å². The van der Waals surface area contributed by atoms with Crippen molar-refractivity contribution in [1.29, 1.82) is 0 Å².